The van der Waals surface area contributed by atoms with Gasteiger partial charge in [0.1, 0.15) is 18.0 Å². The van der Waals surface area contributed by atoms with Gasteiger partial charge < -0.3 is 15.3 Å². The van der Waals surface area contributed by atoms with E-state index in [4.69, 9.17) is 4.84 Å². The van der Waals surface area contributed by atoms with Crippen LogP contribution in [0.2, 0.25) is 0 Å². The summed E-state index contributed by atoms with van der Waals surface area (Å²) in [6.45, 7) is 5.48. The van der Waals surface area contributed by atoms with Crippen molar-refractivity contribution in [3.63, 3.8) is 0 Å². The van der Waals surface area contributed by atoms with Crippen molar-refractivity contribution in [3.8, 4) is 5.75 Å². The monoisotopic (exact) mass is 410 g/mol. The minimum atomic E-state index is -0.618. The largest absolute Gasteiger partial charge is 0.506 e. The van der Waals surface area contributed by atoms with Gasteiger partial charge in [-0.2, -0.15) is 5.11 Å². The highest BCUT2D eigenvalue weighted by atomic mass is 16.6. The van der Waals surface area contributed by atoms with Crippen LogP contribution in [0.25, 0.3) is 0 Å². The number of oxime groups is 1. The first kappa shape index (κ1) is 22.7. The molecule has 8 heteroatoms. The third-order valence-electron chi connectivity index (χ3n) is 4.17. The number of Topliss-reactive ketones (excluding diaryl/α,β-unsaturated/α-hetero) is 1. The zero-order chi connectivity index (χ0) is 21.9. The summed E-state index contributed by atoms with van der Waals surface area (Å²) in [6.07, 6.45) is 2.23. The molecule has 0 unspecified atom stereocenters. The molecular weight excluding hydrogens is 384 g/mol. The van der Waals surface area contributed by atoms with Gasteiger partial charge in [-0.25, -0.2) is 0 Å². The summed E-state index contributed by atoms with van der Waals surface area (Å²) in [5, 5.41) is 24.8. The Morgan fingerprint density at radius 2 is 1.87 bits per heavy atom. The third-order valence-corrected chi connectivity index (χ3v) is 4.17. The predicted octanol–water partition coefficient (Wildman–Crippen LogP) is 4.20. The molecule has 0 spiro atoms. The number of nitrogens with zero attached hydrogens (tertiary/aromatic N) is 3. The number of rotatable bonds is 10. The zero-order valence-corrected chi connectivity index (χ0v) is 17.3. The smallest absolute Gasteiger partial charge is 0.217 e. The number of benzene rings is 2. The summed E-state index contributed by atoms with van der Waals surface area (Å²) in [5.41, 5.74) is 2.49. The van der Waals surface area contributed by atoms with E-state index in [1.807, 2.05) is 19.1 Å². The Morgan fingerprint density at radius 3 is 2.50 bits per heavy atom. The van der Waals surface area contributed by atoms with Crippen molar-refractivity contribution in [1.29, 1.82) is 0 Å². The van der Waals surface area contributed by atoms with Gasteiger partial charge in [0.15, 0.2) is 5.78 Å². The Bertz CT molecular complexity index is 923. The Labute approximate surface area is 175 Å². The minimum Gasteiger partial charge on any atom is -0.506 e. The molecule has 2 aromatic rings. The number of carbonyl (C=O) groups excluding carboxylic acids is 2. The fourth-order valence-corrected chi connectivity index (χ4v) is 2.66. The number of aromatic hydroxyl groups is 1. The fourth-order valence-electron chi connectivity index (χ4n) is 2.66. The van der Waals surface area contributed by atoms with Crippen LogP contribution in [0.5, 0.6) is 5.75 Å². The average Bonchev–Trinajstić information content (AvgIpc) is 2.73. The SMILES string of the molecule is CCO/N=C\c1ccc(N=Nc2cc(C[C@H](NC(C)=O)C(=O)CC)ccc2O)cc1. The van der Waals surface area contributed by atoms with Gasteiger partial charge in [-0.05, 0) is 48.7 Å². The molecule has 158 valence electrons. The zero-order valence-electron chi connectivity index (χ0n) is 17.3. The van der Waals surface area contributed by atoms with E-state index in [9.17, 15) is 14.7 Å². The number of amides is 1. The topological polar surface area (TPSA) is 113 Å². The van der Waals surface area contributed by atoms with E-state index < -0.39 is 6.04 Å². The Kier molecular flexibility index (Phi) is 8.68. The van der Waals surface area contributed by atoms with E-state index >= 15 is 0 Å². The molecule has 0 saturated heterocycles. The van der Waals surface area contributed by atoms with Gasteiger partial charge in [0, 0.05) is 13.3 Å². The molecule has 2 N–H and O–H groups in total. The maximum absolute atomic E-state index is 12.1. The first-order chi connectivity index (χ1) is 14.4. The number of nitrogens with one attached hydrogen (secondary N) is 1. The van der Waals surface area contributed by atoms with Crippen LogP contribution < -0.4 is 5.32 Å². The molecule has 0 aliphatic heterocycles. The van der Waals surface area contributed by atoms with Gasteiger partial charge in [-0.15, -0.1) is 5.11 Å². The second-order valence-corrected chi connectivity index (χ2v) is 6.54. The lowest BCUT2D eigenvalue weighted by Crippen LogP contribution is -2.41. The number of carbonyl (C=O) groups is 2. The van der Waals surface area contributed by atoms with Crippen LogP contribution in [0.15, 0.2) is 57.8 Å². The lowest BCUT2D eigenvalue weighted by molar-refractivity contribution is -0.126. The van der Waals surface area contributed by atoms with Gasteiger partial charge in [-0.1, -0.05) is 30.3 Å². The van der Waals surface area contributed by atoms with Crippen molar-refractivity contribution in [2.75, 3.05) is 6.61 Å². The minimum absolute atomic E-state index is 0.0270. The number of hydrogen-bond acceptors (Lipinski definition) is 7. The Balaban J connectivity index is 2.14. The highest BCUT2D eigenvalue weighted by Crippen LogP contribution is 2.29. The molecule has 2 rings (SSSR count). The molecule has 1 amide bonds. The van der Waals surface area contributed by atoms with E-state index in [1.165, 1.54) is 13.0 Å². The molecule has 0 radical (unpaired) electrons. The molecule has 0 saturated carbocycles. The summed E-state index contributed by atoms with van der Waals surface area (Å²) in [6, 6.07) is 11.4. The lowest BCUT2D eigenvalue weighted by atomic mass is 10.0. The Hall–Kier alpha value is -3.55. The average molecular weight is 410 g/mol. The number of hydrogen-bond donors (Lipinski definition) is 2. The summed E-state index contributed by atoms with van der Waals surface area (Å²) in [4.78, 5) is 28.4. The second-order valence-electron chi connectivity index (χ2n) is 6.54. The molecule has 0 heterocycles. The van der Waals surface area contributed by atoms with Crippen LogP contribution in [0.1, 0.15) is 38.3 Å². The van der Waals surface area contributed by atoms with Crippen LogP contribution in [0.4, 0.5) is 11.4 Å². The molecule has 0 aliphatic carbocycles. The number of phenols is 1. The summed E-state index contributed by atoms with van der Waals surface area (Å²) in [5.74, 6) is -0.356. The maximum atomic E-state index is 12.1. The van der Waals surface area contributed by atoms with E-state index in [0.29, 0.717) is 25.1 Å². The van der Waals surface area contributed by atoms with E-state index in [1.54, 1.807) is 37.4 Å². The second kappa shape index (κ2) is 11.5. The van der Waals surface area contributed by atoms with Crippen molar-refractivity contribution < 1.29 is 19.5 Å². The highest BCUT2D eigenvalue weighted by molar-refractivity contribution is 5.88. The molecule has 8 nitrogen and oxygen atoms in total. The quantitative estimate of drug-likeness (QED) is 0.347. The highest BCUT2D eigenvalue weighted by Gasteiger charge is 2.18. The molecule has 0 aromatic heterocycles. The fraction of sp³-hybridized carbons (Fsp3) is 0.318. The predicted molar refractivity (Wildman–Crippen MR) is 115 cm³/mol. The number of phenolic OH excluding ortho intramolecular Hbond substituents is 1. The van der Waals surface area contributed by atoms with Crippen molar-refractivity contribution in [2.24, 2.45) is 15.4 Å². The molecular formula is C22H26N4O4. The van der Waals surface area contributed by atoms with Crippen LogP contribution in [0.3, 0.4) is 0 Å². The number of azo groups is 1. The van der Waals surface area contributed by atoms with Gasteiger partial charge in [0.25, 0.3) is 0 Å². The summed E-state index contributed by atoms with van der Waals surface area (Å²) < 4.78 is 0. The van der Waals surface area contributed by atoms with Crippen molar-refractivity contribution in [3.05, 3.63) is 53.6 Å². The van der Waals surface area contributed by atoms with Gasteiger partial charge in [0.05, 0.1) is 17.9 Å². The molecule has 2 aromatic carbocycles. The first-order valence-electron chi connectivity index (χ1n) is 9.71. The van der Waals surface area contributed by atoms with Crippen molar-refractivity contribution >= 4 is 29.3 Å². The molecule has 0 bridgehead atoms. The van der Waals surface area contributed by atoms with Crippen LogP contribution >= 0.6 is 0 Å². The lowest BCUT2D eigenvalue weighted by Gasteiger charge is -2.16. The molecule has 30 heavy (non-hydrogen) atoms. The third kappa shape index (κ3) is 7.12. The Morgan fingerprint density at radius 1 is 1.13 bits per heavy atom. The van der Waals surface area contributed by atoms with E-state index in [-0.39, 0.29) is 23.1 Å². The van der Waals surface area contributed by atoms with Crippen LogP contribution in [-0.4, -0.2) is 35.7 Å². The molecule has 1 atom stereocenters. The van der Waals surface area contributed by atoms with Gasteiger partial charge in [-0.3, -0.25) is 9.59 Å². The molecule has 0 aliphatic rings. The van der Waals surface area contributed by atoms with E-state index in [0.717, 1.165) is 11.1 Å². The summed E-state index contributed by atoms with van der Waals surface area (Å²) in [7, 11) is 0. The van der Waals surface area contributed by atoms with Gasteiger partial charge >= 0.3 is 0 Å². The van der Waals surface area contributed by atoms with Gasteiger partial charge in [0.2, 0.25) is 5.91 Å². The first-order valence-corrected chi connectivity index (χ1v) is 9.71. The van der Waals surface area contributed by atoms with Crippen LogP contribution in [0, 0.1) is 0 Å². The maximum Gasteiger partial charge on any atom is 0.217 e. The van der Waals surface area contributed by atoms with Crippen LogP contribution in [-0.2, 0) is 20.8 Å². The summed E-state index contributed by atoms with van der Waals surface area (Å²) >= 11 is 0. The standard InChI is InChI=1S/C22H26N4O4/c1-4-21(28)19(24-15(3)27)12-17-8-11-22(29)20(13-17)26-25-18-9-6-16(7-10-18)14-23-30-5-2/h6-11,13-14,19,29H,4-5,12H2,1-3H3,(H,24,27)/b23-14-,26-25?/t19-/m0/s1. The van der Waals surface area contributed by atoms with Crippen molar-refractivity contribution in [1.82, 2.24) is 5.32 Å². The normalized spacial score (nSPS) is 12.2. The van der Waals surface area contributed by atoms with E-state index in [2.05, 4.69) is 20.7 Å². The van der Waals surface area contributed by atoms with Crippen molar-refractivity contribution in [2.45, 2.75) is 39.7 Å². The number of ketones is 1. The molecule has 0 fully saturated rings.